The Labute approximate surface area is 144 Å². The Bertz CT molecular complexity index is 1000. The first-order valence-corrected chi connectivity index (χ1v) is 7.54. The molecule has 1 aliphatic heterocycles. The number of aromatic nitrogens is 2. The van der Waals surface area contributed by atoms with Crippen molar-refractivity contribution in [2.45, 2.75) is 24.5 Å². The van der Waals surface area contributed by atoms with Gasteiger partial charge >= 0.3 is 5.69 Å². The number of ether oxygens (including phenoxy) is 1. The predicted octanol–water partition coefficient (Wildman–Crippen LogP) is -3.31. The maximum Gasteiger partial charge on any atom is 0.330 e. The Morgan fingerprint density at radius 3 is 2.58 bits per heavy atom. The van der Waals surface area contributed by atoms with Crippen molar-refractivity contribution >= 4 is 11.4 Å². The van der Waals surface area contributed by atoms with Gasteiger partial charge in [0.05, 0.1) is 12.6 Å². The number of aliphatic hydroxyl groups is 2. The summed E-state index contributed by atoms with van der Waals surface area (Å²) in [7, 11) is 1.15. The first-order valence-electron chi connectivity index (χ1n) is 7.54. The fourth-order valence-corrected chi connectivity index (χ4v) is 2.92. The van der Waals surface area contributed by atoms with E-state index in [9.17, 15) is 34.6 Å². The van der Waals surface area contributed by atoms with Crippen LogP contribution < -0.4 is 32.5 Å². The molecule has 3 rings (SSSR count). The first kappa shape index (κ1) is 18.0. The molecule has 2 aromatic rings. The van der Waals surface area contributed by atoms with Gasteiger partial charge in [0.15, 0.2) is 6.23 Å². The number of hydrogen-bond donors (Lipinski definition) is 5. The van der Waals surface area contributed by atoms with Gasteiger partial charge in [-0.05, 0) is 0 Å². The van der Waals surface area contributed by atoms with Gasteiger partial charge in [0, 0.05) is 19.3 Å². The smallest absolute Gasteiger partial charge is 0.330 e. The molecule has 0 aliphatic carbocycles. The van der Waals surface area contributed by atoms with E-state index in [1.54, 1.807) is 0 Å². The molecule has 1 aliphatic rings. The largest absolute Gasteiger partial charge is 0.394 e. The van der Waals surface area contributed by atoms with Crippen molar-refractivity contribution in [2.24, 2.45) is 0 Å². The van der Waals surface area contributed by atoms with E-state index >= 15 is 0 Å². The second-order valence-corrected chi connectivity index (χ2v) is 5.83. The lowest BCUT2D eigenvalue weighted by atomic mass is 10.0. The number of H-pyrrole nitrogens is 1. The molecule has 2 heterocycles. The van der Waals surface area contributed by atoms with Crippen LogP contribution >= 0.6 is 0 Å². The molecule has 4 atom stereocenters. The van der Waals surface area contributed by atoms with Gasteiger partial charge in [0.1, 0.15) is 23.6 Å². The molecule has 0 bridgehead atoms. The molecule has 1 fully saturated rings. The molecule has 12 heteroatoms. The summed E-state index contributed by atoms with van der Waals surface area (Å²) in [5.41, 5.74) is -3.78. The highest BCUT2D eigenvalue weighted by Crippen LogP contribution is 2.31. The Morgan fingerprint density at radius 1 is 1.31 bits per heavy atom. The Kier molecular flexibility index (Phi) is 4.50. The third-order valence-electron chi connectivity index (χ3n) is 4.20. The van der Waals surface area contributed by atoms with Gasteiger partial charge in [-0.1, -0.05) is 0 Å². The molecule has 12 nitrogen and oxygen atoms in total. The molecule has 0 amide bonds. The van der Waals surface area contributed by atoms with Crippen molar-refractivity contribution in [3.05, 3.63) is 53.5 Å². The van der Waals surface area contributed by atoms with E-state index < -0.39 is 53.2 Å². The van der Waals surface area contributed by atoms with E-state index in [-0.39, 0.29) is 11.4 Å². The van der Waals surface area contributed by atoms with Gasteiger partial charge in [0.25, 0.3) is 16.4 Å². The average molecular weight is 368 g/mol. The second kappa shape index (κ2) is 6.49. The lowest BCUT2D eigenvalue weighted by Gasteiger charge is -2.25. The maximum atomic E-state index is 11.9. The molecule has 1 saturated heterocycles. The summed E-state index contributed by atoms with van der Waals surface area (Å²) in [4.78, 5) is 48.3. The summed E-state index contributed by atoms with van der Waals surface area (Å²) in [6, 6.07) is -0.00684. The number of nitrogens with one attached hydrogen (secondary N) is 2. The minimum absolute atomic E-state index is 0.236. The highest BCUT2D eigenvalue weighted by atomic mass is 16.5. The number of hydrogen-bond acceptors (Lipinski definition) is 10. The van der Waals surface area contributed by atoms with E-state index in [1.807, 2.05) is 4.98 Å². The van der Waals surface area contributed by atoms with Crippen LogP contribution in [-0.4, -0.2) is 56.9 Å². The fraction of sp³-hybridized carbons (Fsp3) is 0.429. The minimum atomic E-state index is -1.42. The molecule has 26 heavy (non-hydrogen) atoms. The van der Waals surface area contributed by atoms with Crippen molar-refractivity contribution in [1.82, 2.24) is 9.55 Å². The van der Waals surface area contributed by atoms with Gasteiger partial charge < -0.3 is 20.3 Å². The van der Waals surface area contributed by atoms with Crippen LogP contribution in [0.3, 0.4) is 0 Å². The summed E-state index contributed by atoms with van der Waals surface area (Å²) in [6.45, 7) is -0.566. The van der Waals surface area contributed by atoms with Gasteiger partial charge in [-0.2, -0.15) is 0 Å². The summed E-state index contributed by atoms with van der Waals surface area (Å²) in [5, 5.41) is 32.5. The number of anilines is 2. The van der Waals surface area contributed by atoms with Gasteiger partial charge in [0.2, 0.25) is 0 Å². The zero-order chi connectivity index (χ0) is 19.2. The lowest BCUT2D eigenvalue weighted by molar-refractivity contribution is -0.0531. The van der Waals surface area contributed by atoms with Crippen LogP contribution in [0.4, 0.5) is 11.4 Å². The molecule has 0 unspecified atom stereocenters. The Morgan fingerprint density at radius 2 is 2.00 bits per heavy atom. The minimum Gasteiger partial charge on any atom is -0.394 e. The number of aliphatic hydroxyl groups excluding tert-OH is 2. The number of hydroxylamine groups is 1. The lowest BCUT2D eigenvalue weighted by Crippen LogP contribution is -2.47. The molecule has 0 radical (unpaired) electrons. The Balaban J connectivity index is 1.92. The number of aromatic amines is 1. The zero-order valence-electron chi connectivity index (χ0n) is 13.4. The highest BCUT2D eigenvalue weighted by Gasteiger charge is 2.46. The van der Waals surface area contributed by atoms with Crippen molar-refractivity contribution in [2.75, 3.05) is 24.0 Å². The second-order valence-electron chi connectivity index (χ2n) is 5.83. The third-order valence-corrected chi connectivity index (χ3v) is 4.20. The van der Waals surface area contributed by atoms with Crippen molar-refractivity contribution in [3.63, 3.8) is 0 Å². The normalized spacial score (nSPS) is 25.5. The van der Waals surface area contributed by atoms with E-state index in [4.69, 9.17) is 4.74 Å². The molecular weight excluding hydrogens is 352 g/mol. The van der Waals surface area contributed by atoms with E-state index in [0.29, 0.717) is 5.06 Å². The standard InChI is InChI=1S/C14H16N4O8/c1-17(25)9-8(10(21)12(9)23)16-7-5(4-19)26-13(11(7)22)18-3-2-6(20)15-14(18)24/h2-3,5,7,11,13,16,19,22,25H,4H2,1H3,(H,15,20,24)/t5-,7-,11-,13-/m1/s1. The fourth-order valence-electron chi connectivity index (χ4n) is 2.92. The summed E-state index contributed by atoms with van der Waals surface area (Å²) >= 11 is 0. The molecule has 1 aromatic carbocycles. The molecule has 1 aromatic heterocycles. The van der Waals surface area contributed by atoms with Crippen LogP contribution in [0, 0.1) is 0 Å². The topological polar surface area (TPSA) is 174 Å². The SMILES string of the molecule is CN(O)c1c(N[C@H]2[C@@H](O)[C@H](n3ccc(=O)[nH]c3=O)O[C@@H]2CO)c(=O)c1=O. The van der Waals surface area contributed by atoms with Crippen LogP contribution in [0.25, 0.3) is 0 Å². The predicted molar refractivity (Wildman–Crippen MR) is 87.3 cm³/mol. The zero-order valence-corrected chi connectivity index (χ0v) is 13.4. The van der Waals surface area contributed by atoms with Gasteiger partial charge in [-0.15, -0.1) is 0 Å². The highest BCUT2D eigenvalue weighted by molar-refractivity contribution is 5.74. The van der Waals surface area contributed by atoms with Gasteiger partial charge in [-0.3, -0.25) is 34.2 Å². The van der Waals surface area contributed by atoms with Crippen LogP contribution in [-0.2, 0) is 4.74 Å². The molecule has 0 spiro atoms. The maximum absolute atomic E-state index is 11.9. The van der Waals surface area contributed by atoms with Crippen molar-refractivity contribution in [1.29, 1.82) is 0 Å². The van der Waals surface area contributed by atoms with E-state index in [0.717, 1.165) is 23.9 Å². The van der Waals surface area contributed by atoms with Crippen molar-refractivity contribution in [3.8, 4) is 0 Å². The Hall–Kier alpha value is -2.80. The molecule has 5 N–H and O–H groups in total. The summed E-state index contributed by atoms with van der Waals surface area (Å²) in [5.74, 6) is 0. The molecule has 140 valence electrons. The number of rotatable bonds is 5. The molecule has 0 saturated carbocycles. The summed E-state index contributed by atoms with van der Waals surface area (Å²) < 4.78 is 6.38. The van der Waals surface area contributed by atoms with E-state index in [2.05, 4.69) is 5.32 Å². The van der Waals surface area contributed by atoms with Crippen molar-refractivity contribution < 1.29 is 20.2 Å². The van der Waals surface area contributed by atoms with Crippen LogP contribution in [0.15, 0.2) is 31.4 Å². The van der Waals surface area contributed by atoms with Crippen LogP contribution in [0.2, 0.25) is 0 Å². The quantitative estimate of drug-likeness (QED) is 0.265. The van der Waals surface area contributed by atoms with Gasteiger partial charge in [-0.25, -0.2) is 4.79 Å². The monoisotopic (exact) mass is 368 g/mol. The van der Waals surface area contributed by atoms with Crippen LogP contribution in [0.5, 0.6) is 0 Å². The number of nitrogens with zero attached hydrogens (tertiary/aromatic N) is 2. The third kappa shape index (κ3) is 2.74. The average Bonchev–Trinajstić information content (AvgIpc) is 2.89. The van der Waals surface area contributed by atoms with E-state index in [1.165, 1.54) is 0 Å². The molecular formula is C14H16N4O8. The summed E-state index contributed by atoms with van der Waals surface area (Å²) in [6.07, 6.45) is -2.58. The first-order chi connectivity index (χ1) is 12.3. The van der Waals surface area contributed by atoms with Crippen LogP contribution in [0.1, 0.15) is 6.23 Å².